The predicted molar refractivity (Wildman–Crippen MR) is 89.4 cm³/mol. The fraction of sp³-hybridized carbons (Fsp3) is 0.647. The van der Waals surface area contributed by atoms with E-state index in [0.29, 0.717) is 12.3 Å². The maximum absolute atomic E-state index is 12.4. The third-order valence-electron chi connectivity index (χ3n) is 5.18. The Bertz CT molecular complexity index is 560. The van der Waals surface area contributed by atoms with Crippen LogP contribution in [0.15, 0.2) is 17.5 Å². The van der Waals surface area contributed by atoms with Gasteiger partial charge < -0.3 is 10.4 Å². The summed E-state index contributed by atoms with van der Waals surface area (Å²) < 4.78 is 0. The van der Waals surface area contributed by atoms with Gasteiger partial charge in [0.2, 0.25) is 5.91 Å². The molecule has 23 heavy (non-hydrogen) atoms. The van der Waals surface area contributed by atoms with E-state index in [4.69, 9.17) is 0 Å². The highest BCUT2D eigenvalue weighted by molar-refractivity contribution is 7.10. The summed E-state index contributed by atoms with van der Waals surface area (Å²) in [6.45, 7) is 2.15. The van der Waals surface area contributed by atoms with Crippen molar-refractivity contribution in [2.24, 2.45) is 5.92 Å². The molecule has 1 saturated carbocycles. The summed E-state index contributed by atoms with van der Waals surface area (Å²) in [5.74, 6) is -0.436. The van der Waals surface area contributed by atoms with Crippen molar-refractivity contribution in [2.75, 3.05) is 6.54 Å². The molecule has 1 saturated heterocycles. The molecule has 0 aromatic carbocycles. The van der Waals surface area contributed by atoms with Gasteiger partial charge >= 0.3 is 5.97 Å². The van der Waals surface area contributed by atoms with Gasteiger partial charge in [0.05, 0.1) is 12.6 Å². The number of aliphatic carboxylic acids is 1. The number of nitrogens with one attached hydrogen (secondary N) is 1. The summed E-state index contributed by atoms with van der Waals surface area (Å²) in [7, 11) is 0. The minimum absolute atomic E-state index is 0.0319. The van der Waals surface area contributed by atoms with Crippen molar-refractivity contribution in [1.29, 1.82) is 0 Å². The van der Waals surface area contributed by atoms with Crippen LogP contribution in [0.25, 0.3) is 0 Å². The molecule has 4 atom stereocenters. The number of hydrogen-bond donors (Lipinski definition) is 2. The lowest BCUT2D eigenvalue weighted by molar-refractivity contribution is -0.143. The van der Waals surface area contributed by atoms with Gasteiger partial charge in [-0.1, -0.05) is 18.9 Å². The molecule has 2 fully saturated rings. The first-order chi connectivity index (χ1) is 11.1. The Balaban J connectivity index is 1.64. The van der Waals surface area contributed by atoms with Crippen molar-refractivity contribution in [3.8, 4) is 0 Å². The van der Waals surface area contributed by atoms with E-state index in [-0.39, 0.29) is 24.5 Å². The summed E-state index contributed by atoms with van der Waals surface area (Å²) in [5, 5.41) is 14.5. The molecule has 6 heteroatoms. The van der Waals surface area contributed by atoms with Gasteiger partial charge in [-0.2, -0.15) is 0 Å². The molecule has 1 aromatic heterocycles. The van der Waals surface area contributed by atoms with Gasteiger partial charge in [0.25, 0.3) is 0 Å². The van der Waals surface area contributed by atoms with Crippen LogP contribution in [-0.2, 0) is 9.59 Å². The average molecular weight is 336 g/mol. The van der Waals surface area contributed by atoms with Crippen LogP contribution in [0.2, 0.25) is 0 Å². The molecule has 1 aromatic rings. The Morgan fingerprint density at radius 1 is 1.43 bits per heavy atom. The molecule has 0 bridgehead atoms. The number of carbonyl (C=O) groups excluding carboxylic acids is 1. The number of likely N-dealkylation sites (tertiary alicyclic amines) is 1. The van der Waals surface area contributed by atoms with Gasteiger partial charge in [0, 0.05) is 10.9 Å². The van der Waals surface area contributed by atoms with Crippen LogP contribution in [0.5, 0.6) is 0 Å². The van der Waals surface area contributed by atoms with Crippen LogP contribution < -0.4 is 5.32 Å². The molecule has 3 rings (SSSR count). The van der Waals surface area contributed by atoms with Gasteiger partial charge in [-0.05, 0) is 43.6 Å². The van der Waals surface area contributed by atoms with Crippen molar-refractivity contribution in [1.82, 2.24) is 10.2 Å². The smallest absolute Gasteiger partial charge is 0.320 e. The second-order valence-electron chi connectivity index (χ2n) is 6.68. The third-order valence-corrected chi connectivity index (χ3v) is 6.23. The number of rotatable bonds is 5. The van der Waals surface area contributed by atoms with Crippen molar-refractivity contribution < 1.29 is 14.7 Å². The normalized spacial score (nSPS) is 29.0. The van der Waals surface area contributed by atoms with Crippen molar-refractivity contribution in [3.05, 3.63) is 22.4 Å². The molecule has 1 aliphatic carbocycles. The van der Waals surface area contributed by atoms with Crippen LogP contribution in [0.3, 0.4) is 0 Å². The summed E-state index contributed by atoms with van der Waals surface area (Å²) >= 11 is 1.62. The number of hydrogen-bond acceptors (Lipinski definition) is 4. The number of carboxylic acids is 1. The van der Waals surface area contributed by atoms with Crippen molar-refractivity contribution in [3.63, 3.8) is 0 Å². The Kier molecular flexibility index (Phi) is 5.02. The van der Waals surface area contributed by atoms with Crippen LogP contribution in [-0.4, -0.2) is 40.5 Å². The van der Waals surface area contributed by atoms with Crippen LogP contribution in [0.4, 0.5) is 0 Å². The molecular weight excluding hydrogens is 312 g/mol. The second kappa shape index (κ2) is 7.01. The maximum Gasteiger partial charge on any atom is 0.320 e. The SMILES string of the molecule is CC(NC(=O)CN1C(C(=O)O)CC2CCCCC21)c1cccs1. The number of thiophene rings is 1. The molecule has 0 radical (unpaired) electrons. The number of fused-ring (bicyclic) bond motifs is 1. The highest BCUT2D eigenvalue weighted by Gasteiger charge is 2.45. The van der Waals surface area contributed by atoms with Gasteiger partial charge in [-0.25, -0.2) is 0 Å². The van der Waals surface area contributed by atoms with E-state index < -0.39 is 12.0 Å². The quantitative estimate of drug-likeness (QED) is 0.867. The van der Waals surface area contributed by atoms with E-state index in [1.807, 2.05) is 29.3 Å². The number of carboxylic acid groups (broad SMARTS) is 1. The van der Waals surface area contributed by atoms with E-state index in [0.717, 1.165) is 24.1 Å². The number of amides is 1. The first-order valence-electron chi connectivity index (χ1n) is 8.37. The van der Waals surface area contributed by atoms with Crippen molar-refractivity contribution in [2.45, 2.75) is 57.2 Å². The molecular formula is C17H24N2O3S. The summed E-state index contributed by atoms with van der Waals surface area (Å²) in [4.78, 5) is 27.0. The van der Waals surface area contributed by atoms with E-state index in [1.165, 1.54) is 6.42 Å². The molecule has 5 nitrogen and oxygen atoms in total. The summed E-state index contributed by atoms with van der Waals surface area (Å²) in [5.41, 5.74) is 0. The molecule has 4 unspecified atom stereocenters. The standard InChI is InChI=1S/C17H24N2O3S/c1-11(15-7-4-8-23-15)18-16(20)10-19-13-6-3-2-5-12(13)9-14(19)17(21)22/h4,7-8,11-14H,2-3,5-6,9-10H2,1H3,(H,18,20)(H,21,22). The molecule has 126 valence electrons. The zero-order chi connectivity index (χ0) is 16.4. The minimum atomic E-state index is -0.793. The van der Waals surface area contributed by atoms with E-state index in [1.54, 1.807) is 11.3 Å². The third kappa shape index (κ3) is 3.58. The van der Waals surface area contributed by atoms with Gasteiger partial charge in [-0.15, -0.1) is 11.3 Å². The molecule has 2 heterocycles. The Labute approximate surface area is 140 Å². The van der Waals surface area contributed by atoms with E-state index in [9.17, 15) is 14.7 Å². The zero-order valence-corrected chi connectivity index (χ0v) is 14.2. The van der Waals surface area contributed by atoms with Crippen LogP contribution in [0.1, 0.15) is 49.9 Å². The van der Waals surface area contributed by atoms with Gasteiger partial charge in [0.15, 0.2) is 0 Å². The highest BCUT2D eigenvalue weighted by Crippen LogP contribution is 2.39. The Morgan fingerprint density at radius 3 is 2.91 bits per heavy atom. The predicted octanol–water partition coefficient (Wildman–Crippen LogP) is 2.64. The van der Waals surface area contributed by atoms with Crippen molar-refractivity contribution >= 4 is 23.2 Å². The number of nitrogens with zero attached hydrogens (tertiary/aromatic N) is 1. The molecule has 1 amide bonds. The van der Waals surface area contributed by atoms with Gasteiger partial charge in [-0.3, -0.25) is 14.5 Å². The van der Waals surface area contributed by atoms with E-state index >= 15 is 0 Å². The molecule has 0 spiro atoms. The average Bonchev–Trinajstić information content (AvgIpc) is 3.15. The second-order valence-corrected chi connectivity index (χ2v) is 7.66. The monoisotopic (exact) mass is 336 g/mol. The van der Waals surface area contributed by atoms with Crippen LogP contribution in [0, 0.1) is 5.92 Å². The van der Waals surface area contributed by atoms with Crippen LogP contribution >= 0.6 is 11.3 Å². The number of carbonyl (C=O) groups is 2. The maximum atomic E-state index is 12.4. The highest BCUT2D eigenvalue weighted by atomic mass is 32.1. The van der Waals surface area contributed by atoms with E-state index in [2.05, 4.69) is 5.32 Å². The first kappa shape index (κ1) is 16.5. The fourth-order valence-electron chi connectivity index (χ4n) is 4.08. The largest absolute Gasteiger partial charge is 0.480 e. The molecule has 1 aliphatic heterocycles. The zero-order valence-electron chi connectivity index (χ0n) is 13.4. The Hall–Kier alpha value is -1.40. The summed E-state index contributed by atoms with van der Waals surface area (Å²) in [6, 6.07) is 3.69. The topological polar surface area (TPSA) is 69.6 Å². The van der Waals surface area contributed by atoms with Gasteiger partial charge in [0.1, 0.15) is 6.04 Å². The fourth-order valence-corrected chi connectivity index (χ4v) is 4.82. The first-order valence-corrected chi connectivity index (χ1v) is 9.25. The lowest BCUT2D eigenvalue weighted by Crippen LogP contribution is -2.47. The lowest BCUT2D eigenvalue weighted by atomic mass is 9.85. The molecule has 2 N–H and O–H groups in total. The Morgan fingerprint density at radius 2 is 2.22 bits per heavy atom. The lowest BCUT2D eigenvalue weighted by Gasteiger charge is -2.32. The summed E-state index contributed by atoms with van der Waals surface area (Å²) in [6.07, 6.45) is 5.12. The molecule has 2 aliphatic rings. The minimum Gasteiger partial charge on any atom is -0.480 e.